The molecule has 4 heterocycles. The zero-order valence-electron chi connectivity index (χ0n) is 13.8. The molecule has 1 amide bonds. The lowest BCUT2D eigenvalue weighted by Crippen LogP contribution is -2.43. The van der Waals surface area contributed by atoms with Crippen LogP contribution in [0.3, 0.4) is 0 Å². The van der Waals surface area contributed by atoms with Crippen molar-refractivity contribution < 1.29 is 4.79 Å². The van der Waals surface area contributed by atoms with Crippen LogP contribution in [0.25, 0.3) is 0 Å². The van der Waals surface area contributed by atoms with Crippen molar-refractivity contribution in [3.63, 3.8) is 0 Å². The zero-order chi connectivity index (χ0) is 16.4. The lowest BCUT2D eigenvalue weighted by molar-refractivity contribution is -0.133. The number of carbonyl (C=O) groups excluding carboxylic acids is 1. The van der Waals surface area contributed by atoms with Gasteiger partial charge in [-0.3, -0.25) is 14.4 Å². The van der Waals surface area contributed by atoms with Crippen LogP contribution in [0.5, 0.6) is 0 Å². The van der Waals surface area contributed by atoms with Gasteiger partial charge in [-0.05, 0) is 54.6 Å². The van der Waals surface area contributed by atoms with E-state index in [1.807, 2.05) is 4.68 Å². The Morgan fingerprint density at radius 2 is 2.21 bits per heavy atom. The first-order chi connectivity index (χ1) is 11.8. The molecule has 0 aliphatic carbocycles. The highest BCUT2D eigenvalue weighted by Gasteiger charge is 2.33. The molecule has 24 heavy (non-hydrogen) atoms. The molecule has 4 rings (SSSR count). The van der Waals surface area contributed by atoms with Gasteiger partial charge in [0, 0.05) is 12.6 Å². The van der Waals surface area contributed by atoms with E-state index in [1.54, 1.807) is 24.0 Å². The molecule has 7 heteroatoms. The van der Waals surface area contributed by atoms with Crippen molar-refractivity contribution in [2.45, 2.75) is 44.3 Å². The second-order valence-corrected chi connectivity index (χ2v) is 7.47. The second-order valence-electron chi connectivity index (χ2n) is 6.69. The van der Waals surface area contributed by atoms with Gasteiger partial charge in [0.25, 0.3) is 0 Å². The van der Waals surface area contributed by atoms with Gasteiger partial charge in [0.15, 0.2) is 0 Å². The fraction of sp³-hybridized carbons (Fsp3) is 0.588. The van der Waals surface area contributed by atoms with Gasteiger partial charge >= 0.3 is 0 Å². The van der Waals surface area contributed by atoms with E-state index in [0.29, 0.717) is 12.6 Å². The van der Waals surface area contributed by atoms with Gasteiger partial charge in [0.2, 0.25) is 5.91 Å². The predicted octanol–water partition coefficient (Wildman–Crippen LogP) is 2.17. The summed E-state index contributed by atoms with van der Waals surface area (Å²) in [5, 5.41) is 8.48. The number of thiophene rings is 1. The average molecular weight is 345 g/mol. The molecule has 2 aromatic rings. The Morgan fingerprint density at radius 3 is 3.00 bits per heavy atom. The Morgan fingerprint density at radius 1 is 1.29 bits per heavy atom. The summed E-state index contributed by atoms with van der Waals surface area (Å²) in [6.45, 7) is 3.24. The smallest absolute Gasteiger partial charge is 0.237 e. The molecule has 0 N–H and O–H groups in total. The van der Waals surface area contributed by atoms with Crippen LogP contribution in [0.15, 0.2) is 29.5 Å². The minimum absolute atomic E-state index is 0.272. The molecule has 0 spiro atoms. The van der Waals surface area contributed by atoms with E-state index in [9.17, 15) is 4.79 Å². The molecule has 0 bridgehead atoms. The van der Waals surface area contributed by atoms with E-state index >= 15 is 0 Å². The molecule has 6 nitrogen and oxygen atoms in total. The van der Waals surface area contributed by atoms with Gasteiger partial charge in [0.05, 0.1) is 19.1 Å². The minimum atomic E-state index is 0.272. The largest absolute Gasteiger partial charge is 0.335 e. The van der Waals surface area contributed by atoms with Crippen LogP contribution >= 0.6 is 11.3 Å². The fourth-order valence-corrected chi connectivity index (χ4v) is 4.70. The summed E-state index contributed by atoms with van der Waals surface area (Å²) < 4.78 is 1.87. The maximum atomic E-state index is 12.9. The SMILES string of the molecule is O=C(CN1CCCC1Cn1cncn1)N1CCCC1c1ccsc1. The first-order valence-electron chi connectivity index (χ1n) is 8.69. The normalized spacial score (nSPS) is 24.8. The van der Waals surface area contributed by atoms with Crippen molar-refractivity contribution >= 4 is 17.2 Å². The summed E-state index contributed by atoms with van der Waals surface area (Å²) in [5.74, 6) is 0.272. The monoisotopic (exact) mass is 345 g/mol. The number of amides is 1. The van der Waals surface area contributed by atoms with Crippen LogP contribution in [-0.4, -0.2) is 56.1 Å². The molecule has 2 unspecified atom stereocenters. The van der Waals surface area contributed by atoms with Gasteiger partial charge in [-0.2, -0.15) is 16.4 Å². The zero-order valence-corrected chi connectivity index (χ0v) is 14.6. The van der Waals surface area contributed by atoms with Gasteiger partial charge < -0.3 is 4.90 Å². The molecular formula is C17H23N5OS. The highest BCUT2D eigenvalue weighted by atomic mass is 32.1. The summed E-state index contributed by atoms with van der Waals surface area (Å²) >= 11 is 1.71. The van der Waals surface area contributed by atoms with Gasteiger partial charge in [-0.15, -0.1) is 0 Å². The summed E-state index contributed by atoms with van der Waals surface area (Å²) in [6.07, 6.45) is 7.80. The van der Waals surface area contributed by atoms with E-state index in [-0.39, 0.29) is 11.9 Å². The summed E-state index contributed by atoms with van der Waals surface area (Å²) in [7, 11) is 0. The Labute approximate surface area is 146 Å². The van der Waals surface area contributed by atoms with E-state index in [4.69, 9.17) is 0 Å². The quantitative estimate of drug-likeness (QED) is 0.833. The third-order valence-corrected chi connectivity index (χ3v) is 5.90. The summed E-state index contributed by atoms with van der Waals surface area (Å²) in [5.41, 5.74) is 1.30. The van der Waals surface area contributed by atoms with Crippen molar-refractivity contribution in [3.05, 3.63) is 35.0 Å². The maximum Gasteiger partial charge on any atom is 0.237 e. The topological polar surface area (TPSA) is 54.3 Å². The number of hydrogen-bond acceptors (Lipinski definition) is 5. The number of carbonyl (C=O) groups is 1. The lowest BCUT2D eigenvalue weighted by Gasteiger charge is -2.29. The molecule has 2 aliphatic rings. The van der Waals surface area contributed by atoms with Gasteiger partial charge in [-0.1, -0.05) is 0 Å². The first-order valence-corrected chi connectivity index (χ1v) is 9.63. The van der Waals surface area contributed by atoms with Crippen LogP contribution in [0, 0.1) is 0 Å². The number of hydrogen-bond donors (Lipinski definition) is 0. The van der Waals surface area contributed by atoms with Crippen LogP contribution in [-0.2, 0) is 11.3 Å². The summed E-state index contributed by atoms with van der Waals surface area (Å²) in [6, 6.07) is 2.82. The molecule has 128 valence electrons. The standard InChI is InChI=1S/C17H23N5OS/c23-17(22-7-2-4-16(22)14-5-8-24-11-14)10-20-6-1-3-15(20)9-21-13-18-12-19-21/h5,8,11-13,15-16H,1-4,6-7,9-10H2. The molecule has 0 radical (unpaired) electrons. The molecule has 2 saturated heterocycles. The number of aromatic nitrogens is 3. The van der Waals surface area contributed by atoms with Gasteiger partial charge in [0.1, 0.15) is 12.7 Å². The van der Waals surface area contributed by atoms with Crippen molar-refractivity contribution in [3.8, 4) is 0 Å². The molecule has 0 aromatic carbocycles. The van der Waals surface area contributed by atoms with Crippen LogP contribution in [0.1, 0.15) is 37.3 Å². The third-order valence-electron chi connectivity index (χ3n) is 5.20. The number of likely N-dealkylation sites (tertiary alicyclic amines) is 2. The fourth-order valence-electron chi connectivity index (χ4n) is 3.99. The molecule has 2 atom stereocenters. The maximum absolute atomic E-state index is 12.9. The average Bonchev–Trinajstić information content (AvgIpc) is 3.37. The molecule has 0 saturated carbocycles. The Kier molecular flexibility index (Phi) is 4.62. The number of nitrogens with zero attached hydrogens (tertiary/aromatic N) is 5. The van der Waals surface area contributed by atoms with E-state index in [0.717, 1.165) is 45.3 Å². The first kappa shape index (κ1) is 15.8. The van der Waals surface area contributed by atoms with Crippen molar-refractivity contribution in [2.75, 3.05) is 19.6 Å². The second kappa shape index (κ2) is 7.03. The molecule has 2 aliphatic heterocycles. The van der Waals surface area contributed by atoms with Gasteiger partial charge in [-0.25, -0.2) is 4.98 Å². The number of rotatable bonds is 5. The van der Waals surface area contributed by atoms with Crippen LogP contribution < -0.4 is 0 Å². The molecule has 2 fully saturated rings. The third kappa shape index (κ3) is 3.23. The van der Waals surface area contributed by atoms with Crippen LogP contribution in [0.2, 0.25) is 0 Å². The molecule has 2 aromatic heterocycles. The van der Waals surface area contributed by atoms with Crippen molar-refractivity contribution in [1.82, 2.24) is 24.6 Å². The van der Waals surface area contributed by atoms with E-state index in [1.165, 1.54) is 5.56 Å². The lowest BCUT2D eigenvalue weighted by atomic mass is 10.1. The predicted molar refractivity (Wildman–Crippen MR) is 92.6 cm³/mol. The van der Waals surface area contributed by atoms with Crippen molar-refractivity contribution in [1.29, 1.82) is 0 Å². The Hall–Kier alpha value is -1.73. The highest BCUT2D eigenvalue weighted by Crippen LogP contribution is 2.33. The Bertz CT molecular complexity index is 657. The van der Waals surface area contributed by atoms with Crippen molar-refractivity contribution in [2.24, 2.45) is 0 Å². The van der Waals surface area contributed by atoms with E-state index in [2.05, 4.69) is 36.7 Å². The van der Waals surface area contributed by atoms with Crippen LogP contribution in [0.4, 0.5) is 0 Å². The Balaban J connectivity index is 1.39. The van der Waals surface area contributed by atoms with E-state index < -0.39 is 0 Å². The summed E-state index contributed by atoms with van der Waals surface area (Å²) in [4.78, 5) is 21.3. The highest BCUT2D eigenvalue weighted by molar-refractivity contribution is 7.07. The minimum Gasteiger partial charge on any atom is -0.335 e. The molecular weight excluding hydrogens is 322 g/mol.